The van der Waals surface area contributed by atoms with Crippen LogP contribution in [0.4, 0.5) is 16.2 Å². The molecule has 0 aliphatic carbocycles. The lowest BCUT2D eigenvalue weighted by Crippen LogP contribution is -2.23. The number of nitrogens with one attached hydrogen (secondary N) is 2. The summed E-state index contributed by atoms with van der Waals surface area (Å²) >= 11 is 0. The highest BCUT2D eigenvalue weighted by Crippen LogP contribution is 2.10. The molecule has 0 heterocycles. The first-order valence-electron chi connectivity index (χ1n) is 5.89. The van der Waals surface area contributed by atoms with Crippen molar-refractivity contribution in [1.29, 1.82) is 0 Å². The Morgan fingerprint density at radius 1 is 1.00 bits per heavy atom. The second kappa shape index (κ2) is 6.26. The molecule has 0 aliphatic rings. The van der Waals surface area contributed by atoms with Crippen molar-refractivity contribution >= 4 is 23.5 Å². The SMILES string of the molecule is Nc1ccc(NC(=O)NC=Cc2ccccc2)cc1. The smallest absolute Gasteiger partial charge is 0.323 e. The van der Waals surface area contributed by atoms with Crippen LogP contribution in [-0.4, -0.2) is 6.03 Å². The Morgan fingerprint density at radius 2 is 1.68 bits per heavy atom. The van der Waals surface area contributed by atoms with Crippen LogP contribution in [0.15, 0.2) is 60.8 Å². The zero-order chi connectivity index (χ0) is 13.5. The van der Waals surface area contributed by atoms with Crippen molar-refractivity contribution in [3.8, 4) is 0 Å². The van der Waals surface area contributed by atoms with Crippen LogP contribution in [0.1, 0.15) is 5.56 Å². The van der Waals surface area contributed by atoms with E-state index in [9.17, 15) is 4.79 Å². The van der Waals surface area contributed by atoms with Crippen LogP contribution in [0.5, 0.6) is 0 Å². The summed E-state index contributed by atoms with van der Waals surface area (Å²) < 4.78 is 0. The minimum atomic E-state index is -0.294. The molecule has 0 fully saturated rings. The zero-order valence-corrected chi connectivity index (χ0v) is 10.3. The average molecular weight is 253 g/mol. The van der Waals surface area contributed by atoms with Crippen molar-refractivity contribution < 1.29 is 4.79 Å². The first-order valence-corrected chi connectivity index (χ1v) is 5.89. The number of nitrogen functional groups attached to an aromatic ring is 1. The van der Waals surface area contributed by atoms with E-state index in [1.807, 2.05) is 36.4 Å². The lowest BCUT2D eigenvalue weighted by molar-refractivity contribution is 0.255. The second-order valence-electron chi connectivity index (χ2n) is 3.96. The van der Waals surface area contributed by atoms with Gasteiger partial charge in [-0.15, -0.1) is 0 Å². The monoisotopic (exact) mass is 253 g/mol. The number of amides is 2. The van der Waals surface area contributed by atoms with Crippen molar-refractivity contribution in [2.75, 3.05) is 11.1 Å². The van der Waals surface area contributed by atoms with Gasteiger partial charge in [-0.3, -0.25) is 0 Å². The highest BCUT2D eigenvalue weighted by molar-refractivity contribution is 5.90. The Labute approximate surface area is 111 Å². The number of nitrogens with two attached hydrogens (primary N) is 1. The topological polar surface area (TPSA) is 67.1 Å². The van der Waals surface area contributed by atoms with Crippen LogP contribution >= 0.6 is 0 Å². The van der Waals surface area contributed by atoms with E-state index in [0.717, 1.165) is 5.56 Å². The molecule has 19 heavy (non-hydrogen) atoms. The van der Waals surface area contributed by atoms with Gasteiger partial charge < -0.3 is 16.4 Å². The van der Waals surface area contributed by atoms with E-state index in [1.165, 1.54) is 0 Å². The van der Waals surface area contributed by atoms with Crippen molar-refractivity contribution in [2.45, 2.75) is 0 Å². The largest absolute Gasteiger partial charge is 0.399 e. The third-order valence-corrected chi connectivity index (χ3v) is 2.46. The van der Waals surface area contributed by atoms with E-state index < -0.39 is 0 Å². The van der Waals surface area contributed by atoms with E-state index in [4.69, 9.17) is 5.73 Å². The summed E-state index contributed by atoms with van der Waals surface area (Å²) in [6, 6.07) is 16.4. The Morgan fingerprint density at radius 3 is 2.37 bits per heavy atom. The Bertz CT molecular complexity index is 562. The maximum absolute atomic E-state index is 11.6. The van der Waals surface area contributed by atoms with Crippen LogP contribution in [-0.2, 0) is 0 Å². The molecule has 2 amide bonds. The van der Waals surface area contributed by atoms with Crippen molar-refractivity contribution in [3.63, 3.8) is 0 Å². The van der Waals surface area contributed by atoms with Crippen LogP contribution in [0, 0.1) is 0 Å². The summed E-state index contributed by atoms with van der Waals surface area (Å²) in [6.45, 7) is 0. The molecule has 4 N–H and O–H groups in total. The van der Waals surface area contributed by atoms with Crippen LogP contribution in [0.25, 0.3) is 6.08 Å². The Hall–Kier alpha value is -2.75. The number of rotatable bonds is 3. The zero-order valence-electron chi connectivity index (χ0n) is 10.3. The van der Waals surface area contributed by atoms with Gasteiger partial charge in [-0.1, -0.05) is 30.3 Å². The maximum atomic E-state index is 11.6. The van der Waals surface area contributed by atoms with Gasteiger partial charge in [-0.2, -0.15) is 0 Å². The molecule has 0 saturated carbocycles. The van der Waals surface area contributed by atoms with Gasteiger partial charge >= 0.3 is 6.03 Å². The lowest BCUT2D eigenvalue weighted by atomic mass is 10.2. The number of benzene rings is 2. The molecular weight excluding hydrogens is 238 g/mol. The fourth-order valence-electron chi connectivity index (χ4n) is 1.51. The molecule has 2 rings (SSSR count). The maximum Gasteiger partial charge on any atom is 0.323 e. The minimum Gasteiger partial charge on any atom is -0.399 e. The first kappa shape index (κ1) is 12.7. The fraction of sp³-hybridized carbons (Fsp3) is 0. The summed E-state index contributed by atoms with van der Waals surface area (Å²) in [6.07, 6.45) is 3.42. The summed E-state index contributed by atoms with van der Waals surface area (Å²) in [7, 11) is 0. The third kappa shape index (κ3) is 4.20. The van der Waals surface area contributed by atoms with Gasteiger partial charge in [-0.05, 0) is 35.9 Å². The predicted octanol–water partition coefficient (Wildman–Crippen LogP) is 3.06. The molecule has 4 heteroatoms. The molecule has 2 aromatic rings. The van der Waals surface area contributed by atoms with Gasteiger partial charge in [-0.25, -0.2) is 4.79 Å². The molecule has 4 nitrogen and oxygen atoms in total. The van der Waals surface area contributed by atoms with Gasteiger partial charge in [0.15, 0.2) is 0 Å². The standard InChI is InChI=1S/C15H15N3O/c16-13-6-8-14(9-7-13)18-15(19)17-11-10-12-4-2-1-3-5-12/h1-11H,16H2,(H2,17,18,19). The summed E-state index contributed by atoms with van der Waals surface area (Å²) in [4.78, 5) is 11.6. The van der Waals surface area contributed by atoms with E-state index in [2.05, 4.69) is 10.6 Å². The number of carbonyl (C=O) groups excluding carboxylic acids is 1. The molecule has 2 aromatic carbocycles. The van der Waals surface area contributed by atoms with Crippen LogP contribution in [0.3, 0.4) is 0 Å². The Balaban J connectivity index is 1.85. The van der Waals surface area contributed by atoms with Gasteiger partial charge in [0.05, 0.1) is 0 Å². The molecular formula is C15H15N3O. The molecule has 0 aromatic heterocycles. The molecule has 0 radical (unpaired) electrons. The van der Waals surface area contributed by atoms with Gasteiger partial charge in [0.2, 0.25) is 0 Å². The molecule has 0 spiro atoms. The van der Waals surface area contributed by atoms with Crippen LogP contribution < -0.4 is 16.4 Å². The van der Waals surface area contributed by atoms with E-state index >= 15 is 0 Å². The molecule has 0 atom stereocenters. The van der Waals surface area contributed by atoms with E-state index in [1.54, 1.807) is 30.5 Å². The molecule has 0 bridgehead atoms. The van der Waals surface area contributed by atoms with Gasteiger partial charge in [0.1, 0.15) is 0 Å². The predicted molar refractivity (Wildman–Crippen MR) is 78.5 cm³/mol. The summed E-state index contributed by atoms with van der Waals surface area (Å²) in [5, 5.41) is 5.33. The normalized spacial score (nSPS) is 10.3. The summed E-state index contributed by atoms with van der Waals surface area (Å²) in [5.74, 6) is 0. The van der Waals surface area contributed by atoms with Crippen molar-refractivity contribution in [1.82, 2.24) is 5.32 Å². The number of hydrogen-bond donors (Lipinski definition) is 3. The second-order valence-corrected chi connectivity index (χ2v) is 3.96. The van der Waals surface area contributed by atoms with E-state index in [0.29, 0.717) is 11.4 Å². The number of hydrogen-bond acceptors (Lipinski definition) is 2. The van der Waals surface area contributed by atoms with Crippen LogP contribution in [0.2, 0.25) is 0 Å². The average Bonchev–Trinajstić information content (AvgIpc) is 2.43. The Kier molecular flexibility index (Phi) is 4.18. The minimum absolute atomic E-state index is 0.294. The number of urea groups is 1. The highest BCUT2D eigenvalue weighted by atomic mass is 16.2. The summed E-state index contributed by atoms with van der Waals surface area (Å²) in [5.41, 5.74) is 7.94. The lowest BCUT2D eigenvalue weighted by Gasteiger charge is -2.04. The number of carbonyl (C=O) groups is 1. The van der Waals surface area contributed by atoms with E-state index in [-0.39, 0.29) is 6.03 Å². The number of anilines is 2. The molecule has 0 saturated heterocycles. The molecule has 96 valence electrons. The van der Waals surface area contributed by atoms with Crippen molar-refractivity contribution in [2.24, 2.45) is 0 Å². The van der Waals surface area contributed by atoms with Gasteiger partial charge in [0.25, 0.3) is 0 Å². The molecule has 0 unspecified atom stereocenters. The highest BCUT2D eigenvalue weighted by Gasteiger charge is 1.98. The third-order valence-electron chi connectivity index (χ3n) is 2.46. The van der Waals surface area contributed by atoms with Crippen molar-refractivity contribution in [3.05, 3.63) is 66.4 Å². The fourth-order valence-corrected chi connectivity index (χ4v) is 1.51. The first-order chi connectivity index (χ1) is 9.24. The molecule has 0 aliphatic heterocycles. The quantitative estimate of drug-likeness (QED) is 0.736. The van der Waals surface area contributed by atoms with Gasteiger partial charge in [0, 0.05) is 17.6 Å².